The van der Waals surface area contributed by atoms with Gasteiger partial charge in [0.15, 0.2) is 0 Å². The molecule has 9 rings (SSSR count). The first kappa shape index (κ1) is 44.2. The lowest BCUT2D eigenvalue weighted by Gasteiger charge is -2.45. The Bertz CT molecular complexity index is 2980. The molecule has 0 unspecified atom stereocenters. The summed E-state index contributed by atoms with van der Waals surface area (Å²) in [6, 6.07) is 43.1. The molecule has 328 valence electrons. The van der Waals surface area contributed by atoms with E-state index in [0.717, 1.165) is 0 Å². The highest BCUT2D eigenvalue weighted by Crippen LogP contribution is 2.51. The standard InChI is InChI=1S/C60H69BN2S/c1-36-29-43(30-37(2)52(36)60(15,16)17)62-48-32-39(56(3,4)5)26-28-47(48)61-53-49(62)33-41(58(9,10)11)34-50(53)63(54-45-27-25-40(57(6,7)8)35-51(45)64-55(54)61)42-22-20-21-38(31-42)44-23-18-19-24-46(44)59(12,13)14/h18-35H,1-17H3. The van der Waals surface area contributed by atoms with Crippen LogP contribution in [0.5, 0.6) is 0 Å². The Kier molecular flexibility index (Phi) is 10.2. The average Bonchev–Trinajstić information content (AvgIpc) is 3.57. The van der Waals surface area contributed by atoms with Gasteiger partial charge in [0, 0.05) is 43.3 Å². The monoisotopic (exact) mass is 861 g/mol. The molecule has 3 heterocycles. The first-order valence-electron chi connectivity index (χ1n) is 23.6. The molecule has 4 heteroatoms. The van der Waals surface area contributed by atoms with Crippen molar-refractivity contribution < 1.29 is 0 Å². The van der Waals surface area contributed by atoms with Crippen molar-refractivity contribution in [2.24, 2.45) is 0 Å². The van der Waals surface area contributed by atoms with E-state index in [9.17, 15) is 0 Å². The molecular weight excluding hydrogens is 792 g/mol. The van der Waals surface area contributed by atoms with Gasteiger partial charge < -0.3 is 9.80 Å². The first-order valence-corrected chi connectivity index (χ1v) is 24.4. The average molecular weight is 861 g/mol. The van der Waals surface area contributed by atoms with Gasteiger partial charge in [-0.15, -0.1) is 11.3 Å². The van der Waals surface area contributed by atoms with Crippen LogP contribution >= 0.6 is 11.3 Å². The maximum atomic E-state index is 2.66. The quantitative estimate of drug-likeness (QED) is 0.163. The van der Waals surface area contributed by atoms with Gasteiger partial charge in [-0.3, -0.25) is 0 Å². The second-order valence-electron chi connectivity index (χ2n) is 24.1. The van der Waals surface area contributed by atoms with E-state index in [4.69, 9.17) is 0 Å². The molecule has 0 aliphatic carbocycles. The van der Waals surface area contributed by atoms with Crippen molar-refractivity contribution in [1.82, 2.24) is 0 Å². The second-order valence-corrected chi connectivity index (χ2v) is 25.2. The van der Waals surface area contributed by atoms with Gasteiger partial charge in [-0.05, 0) is 150 Å². The minimum Gasteiger partial charge on any atom is -0.311 e. The lowest BCUT2D eigenvalue weighted by atomic mass is 9.36. The van der Waals surface area contributed by atoms with E-state index in [2.05, 4.69) is 237 Å². The van der Waals surface area contributed by atoms with Gasteiger partial charge in [-0.1, -0.05) is 165 Å². The molecule has 0 amide bonds. The Balaban J connectivity index is 1.42. The molecular formula is C60H69BN2S. The predicted molar refractivity (Wildman–Crippen MR) is 284 cm³/mol. The molecule has 6 aromatic carbocycles. The van der Waals surface area contributed by atoms with E-state index >= 15 is 0 Å². The molecule has 0 fully saturated rings. The topological polar surface area (TPSA) is 6.48 Å². The summed E-state index contributed by atoms with van der Waals surface area (Å²) < 4.78 is 2.76. The summed E-state index contributed by atoms with van der Waals surface area (Å²) in [5.41, 5.74) is 22.3. The van der Waals surface area contributed by atoms with E-state index in [-0.39, 0.29) is 33.8 Å². The van der Waals surface area contributed by atoms with Gasteiger partial charge in [0.05, 0.1) is 5.69 Å². The van der Waals surface area contributed by atoms with Crippen LogP contribution in [0.25, 0.3) is 21.2 Å². The zero-order valence-corrected chi connectivity index (χ0v) is 42.6. The van der Waals surface area contributed by atoms with Crippen molar-refractivity contribution >= 4 is 78.0 Å². The van der Waals surface area contributed by atoms with Crippen LogP contribution in [0.3, 0.4) is 0 Å². The third-order valence-electron chi connectivity index (χ3n) is 13.9. The first-order chi connectivity index (χ1) is 29.7. The van der Waals surface area contributed by atoms with Crippen molar-refractivity contribution in [3.05, 3.63) is 148 Å². The summed E-state index contributed by atoms with van der Waals surface area (Å²) in [7, 11) is 0. The van der Waals surface area contributed by atoms with E-state index in [0.29, 0.717) is 0 Å². The molecule has 64 heavy (non-hydrogen) atoms. The van der Waals surface area contributed by atoms with Gasteiger partial charge in [0.1, 0.15) is 0 Å². The van der Waals surface area contributed by atoms with Crippen LogP contribution in [-0.4, -0.2) is 6.71 Å². The van der Waals surface area contributed by atoms with E-state index < -0.39 is 0 Å². The molecule has 0 N–H and O–H groups in total. The molecule has 0 saturated carbocycles. The molecule has 2 aliphatic heterocycles. The molecule has 2 aliphatic rings. The number of rotatable bonds is 3. The van der Waals surface area contributed by atoms with Crippen LogP contribution in [0.15, 0.2) is 109 Å². The SMILES string of the molecule is Cc1cc(N2c3cc(C(C)(C)C)ccc3B3c4sc5cc(C(C)(C)C)ccc5c4N(c4cccc(-c5ccccc5C(C)(C)C)c4)c4cc(C(C)(C)C)cc2c43)cc(C)c1C(C)(C)C. The zero-order chi connectivity index (χ0) is 46.2. The molecule has 0 radical (unpaired) electrons. The second kappa shape index (κ2) is 14.7. The largest absolute Gasteiger partial charge is 0.311 e. The minimum atomic E-state index is -0.111. The van der Waals surface area contributed by atoms with Crippen LogP contribution in [0.2, 0.25) is 0 Å². The van der Waals surface area contributed by atoms with Crippen molar-refractivity contribution in [3.63, 3.8) is 0 Å². The predicted octanol–water partition coefficient (Wildman–Crippen LogP) is 15.8. The van der Waals surface area contributed by atoms with Crippen LogP contribution in [0.1, 0.15) is 143 Å². The number of fused-ring (bicyclic) bond motifs is 6. The summed E-state index contributed by atoms with van der Waals surface area (Å²) in [5, 5.41) is 1.32. The molecule has 0 saturated heterocycles. The van der Waals surface area contributed by atoms with E-state index in [1.165, 1.54) is 110 Å². The van der Waals surface area contributed by atoms with Crippen molar-refractivity contribution in [3.8, 4) is 11.1 Å². The number of thiophene rings is 1. The summed E-state index contributed by atoms with van der Waals surface area (Å²) in [5.74, 6) is 0. The van der Waals surface area contributed by atoms with Crippen molar-refractivity contribution in [2.75, 3.05) is 9.80 Å². The van der Waals surface area contributed by atoms with Gasteiger partial charge in [-0.25, -0.2) is 0 Å². The van der Waals surface area contributed by atoms with Crippen LogP contribution in [0.4, 0.5) is 34.1 Å². The Labute approximate surface area is 389 Å². The third-order valence-corrected chi connectivity index (χ3v) is 15.1. The maximum absolute atomic E-state index is 2.66. The number of anilines is 6. The normalized spacial score (nSPS) is 14.2. The molecule has 0 bridgehead atoms. The van der Waals surface area contributed by atoms with E-state index in [1.807, 2.05) is 11.3 Å². The lowest BCUT2D eigenvalue weighted by molar-refractivity contribution is 0.582. The fourth-order valence-corrected chi connectivity index (χ4v) is 12.2. The summed E-state index contributed by atoms with van der Waals surface area (Å²) in [6.45, 7) is 39.9. The number of nitrogens with zero attached hydrogens (tertiary/aromatic N) is 2. The van der Waals surface area contributed by atoms with Crippen molar-refractivity contribution in [2.45, 2.75) is 145 Å². The summed E-state index contributed by atoms with van der Waals surface area (Å²) >= 11 is 2.00. The fraction of sp³-hybridized carbons (Fsp3) is 0.367. The molecule has 7 aromatic rings. The van der Waals surface area contributed by atoms with Gasteiger partial charge in [-0.2, -0.15) is 0 Å². The Morgan fingerprint density at radius 2 is 1.05 bits per heavy atom. The highest BCUT2D eigenvalue weighted by molar-refractivity contribution is 7.33. The highest BCUT2D eigenvalue weighted by Gasteiger charge is 2.46. The Hall–Kier alpha value is -5.06. The van der Waals surface area contributed by atoms with Gasteiger partial charge >= 0.3 is 0 Å². The number of hydrogen-bond acceptors (Lipinski definition) is 3. The Morgan fingerprint density at radius 1 is 0.469 bits per heavy atom. The molecule has 0 spiro atoms. The van der Waals surface area contributed by atoms with Crippen LogP contribution < -0.4 is 25.5 Å². The number of hydrogen-bond donors (Lipinski definition) is 0. The summed E-state index contributed by atoms with van der Waals surface area (Å²) in [6.07, 6.45) is 0. The smallest absolute Gasteiger partial charge is 0.264 e. The van der Waals surface area contributed by atoms with Crippen molar-refractivity contribution in [1.29, 1.82) is 0 Å². The van der Waals surface area contributed by atoms with Gasteiger partial charge in [0.25, 0.3) is 6.71 Å². The fourth-order valence-electron chi connectivity index (χ4n) is 10.8. The Morgan fingerprint density at radius 3 is 1.66 bits per heavy atom. The minimum absolute atomic E-state index is 0.00194. The highest BCUT2D eigenvalue weighted by atomic mass is 32.1. The number of benzene rings is 6. The van der Waals surface area contributed by atoms with Crippen LogP contribution in [0, 0.1) is 13.8 Å². The molecule has 1 aromatic heterocycles. The lowest BCUT2D eigenvalue weighted by Crippen LogP contribution is -2.60. The maximum Gasteiger partial charge on any atom is 0.264 e. The van der Waals surface area contributed by atoms with E-state index in [1.54, 1.807) is 0 Å². The van der Waals surface area contributed by atoms with Crippen LogP contribution in [-0.2, 0) is 27.1 Å². The summed E-state index contributed by atoms with van der Waals surface area (Å²) in [4.78, 5) is 5.30. The molecule has 2 nitrogen and oxygen atoms in total. The van der Waals surface area contributed by atoms with Gasteiger partial charge in [0.2, 0.25) is 0 Å². The number of aryl methyl sites for hydroxylation is 2. The zero-order valence-electron chi connectivity index (χ0n) is 41.8. The third kappa shape index (κ3) is 7.33. The molecule has 0 atom stereocenters.